The summed E-state index contributed by atoms with van der Waals surface area (Å²) in [7, 11) is 1.26. The van der Waals surface area contributed by atoms with E-state index in [0.717, 1.165) is 5.56 Å². The maximum atomic E-state index is 14.2. The van der Waals surface area contributed by atoms with E-state index >= 15 is 0 Å². The molecule has 5 rings (SSSR count). The normalized spacial score (nSPS) is 13.9. The molecular weight excluding hydrogens is 694 g/mol. The van der Waals surface area contributed by atoms with Crippen molar-refractivity contribution >= 4 is 35.0 Å². The first kappa shape index (κ1) is 37.3. The first-order chi connectivity index (χ1) is 25.1. The van der Waals surface area contributed by atoms with Gasteiger partial charge in [0.25, 0.3) is 11.2 Å². The summed E-state index contributed by atoms with van der Waals surface area (Å²) in [6.45, 7) is 7.59. The lowest BCUT2D eigenvalue weighted by Gasteiger charge is -2.25. The number of non-ortho nitro benzene ring substituents is 1. The largest absolute Gasteiger partial charge is 0.490 e. The molecular formula is C37H37N3O11S. The number of nitro groups is 1. The lowest BCUT2D eigenvalue weighted by Crippen LogP contribution is -2.40. The SMILES string of the molecule is CCOC(=O)C1=C(C)N=c2s/c(=C\c3ccc(OCc4ccc([N+](=O)[O-])cc4)c(OCC)c3)c(=O)n2[C@H]1c1ccc(OCC(=O)OC)c(OCC)c1. The Morgan fingerprint density at radius 1 is 0.904 bits per heavy atom. The third kappa shape index (κ3) is 8.32. The lowest BCUT2D eigenvalue weighted by atomic mass is 9.95. The van der Waals surface area contributed by atoms with E-state index in [4.69, 9.17) is 23.7 Å². The van der Waals surface area contributed by atoms with Crippen LogP contribution in [0.3, 0.4) is 0 Å². The van der Waals surface area contributed by atoms with E-state index in [1.54, 1.807) is 75.4 Å². The number of hydrogen-bond acceptors (Lipinski definition) is 13. The Morgan fingerprint density at radius 2 is 1.58 bits per heavy atom. The fourth-order valence-electron chi connectivity index (χ4n) is 5.41. The van der Waals surface area contributed by atoms with Crippen LogP contribution >= 0.6 is 11.3 Å². The number of aromatic nitrogens is 1. The molecule has 0 saturated heterocycles. The van der Waals surface area contributed by atoms with Gasteiger partial charge < -0.3 is 28.4 Å². The van der Waals surface area contributed by atoms with Gasteiger partial charge in [0.2, 0.25) is 0 Å². The fourth-order valence-corrected chi connectivity index (χ4v) is 6.46. The van der Waals surface area contributed by atoms with E-state index in [2.05, 4.69) is 9.73 Å². The van der Waals surface area contributed by atoms with Crippen LogP contribution in [0, 0.1) is 10.1 Å². The second-order valence-corrected chi connectivity index (χ2v) is 12.2. The van der Waals surface area contributed by atoms with E-state index in [9.17, 15) is 24.5 Å². The molecule has 0 spiro atoms. The zero-order valence-corrected chi connectivity index (χ0v) is 30.0. The van der Waals surface area contributed by atoms with E-state index in [0.29, 0.717) is 50.0 Å². The molecule has 0 saturated carbocycles. The number of esters is 2. The molecule has 0 radical (unpaired) electrons. The summed E-state index contributed by atoms with van der Waals surface area (Å²) >= 11 is 1.17. The molecule has 272 valence electrons. The number of ether oxygens (including phenoxy) is 6. The van der Waals surface area contributed by atoms with Crippen molar-refractivity contribution in [3.8, 4) is 23.0 Å². The zero-order chi connectivity index (χ0) is 37.4. The Hall–Kier alpha value is -5.96. The quantitative estimate of drug-likeness (QED) is 0.0950. The molecule has 15 heteroatoms. The molecule has 2 heterocycles. The van der Waals surface area contributed by atoms with Crippen LogP contribution < -0.4 is 33.8 Å². The number of methoxy groups -OCH3 is 1. The van der Waals surface area contributed by atoms with Crippen molar-refractivity contribution in [2.75, 3.05) is 33.5 Å². The van der Waals surface area contributed by atoms with Crippen molar-refractivity contribution in [1.29, 1.82) is 0 Å². The number of rotatable bonds is 15. The topological polar surface area (TPSA) is 167 Å². The monoisotopic (exact) mass is 731 g/mol. The number of thiazole rings is 1. The number of hydrogen-bond donors (Lipinski definition) is 0. The predicted octanol–water partition coefficient (Wildman–Crippen LogP) is 4.63. The highest BCUT2D eigenvalue weighted by Gasteiger charge is 2.34. The minimum Gasteiger partial charge on any atom is -0.490 e. The Kier molecular flexibility index (Phi) is 12.1. The maximum Gasteiger partial charge on any atom is 0.343 e. The third-order valence-corrected chi connectivity index (χ3v) is 8.76. The van der Waals surface area contributed by atoms with Gasteiger partial charge in [-0.15, -0.1) is 0 Å². The molecule has 1 aliphatic rings. The molecule has 0 bridgehead atoms. The van der Waals surface area contributed by atoms with Gasteiger partial charge in [0, 0.05) is 12.1 Å². The number of carbonyl (C=O) groups excluding carboxylic acids is 2. The number of fused-ring (bicyclic) bond motifs is 1. The maximum absolute atomic E-state index is 14.2. The molecule has 1 aliphatic heterocycles. The highest BCUT2D eigenvalue weighted by Crippen LogP contribution is 2.36. The molecule has 14 nitrogen and oxygen atoms in total. The van der Waals surface area contributed by atoms with E-state index in [-0.39, 0.29) is 49.0 Å². The summed E-state index contributed by atoms with van der Waals surface area (Å²) in [4.78, 5) is 54.9. The van der Waals surface area contributed by atoms with Gasteiger partial charge in [0.15, 0.2) is 34.4 Å². The lowest BCUT2D eigenvalue weighted by molar-refractivity contribution is -0.384. The van der Waals surface area contributed by atoms with Gasteiger partial charge in [-0.3, -0.25) is 19.5 Å². The Labute approximate surface area is 302 Å². The molecule has 0 aliphatic carbocycles. The molecule has 52 heavy (non-hydrogen) atoms. The minimum absolute atomic E-state index is 0.0118. The molecule has 3 aromatic carbocycles. The average Bonchev–Trinajstić information content (AvgIpc) is 3.43. The van der Waals surface area contributed by atoms with Gasteiger partial charge >= 0.3 is 11.9 Å². The van der Waals surface area contributed by atoms with Gasteiger partial charge in [-0.25, -0.2) is 14.6 Å². The van der Waals surface area contributed by atoms with Gasteiger partial charge in [0.05, 0.1) is 53.7 Å². The summed E-state index contributed by atoms with van der Waals surface area (Å²) in [6.07, 6.45) is 1.71. The standard InChI is InChI=1S/C37H37N3O11S/c1-6-47-29-17-24(11-15-27(29)50-20-23-9-13-26(14-10-23)40(44)45)18-31-35(42)39-34(33(36(43)49-8-3)22(4)38-37(39)52-31)25-12-16-28(30(19-25)48-7-2)51-21-32(41)46-5/h9-19,34H,6-8,20-21H2,1-5H3/b31-18-/t34-/m0/s1. The Morgan fingerprint density at radius 3 is 2.23 bits per heavy atom. The second-order valence-electron chi connectivity index (χ2n) is 11.2. The number of nitrogens with zero attached hydrogens (tertiary/aromatic N) is 3. The van der Waals surface area contributed by atoms with Crippen LogP contribution in [0.2, 0.25) is 0 Å². The van der Waals surface area contributed by atoms with E-state index in [1.807, 2.05) is 6.92 Å². The van der Waals surface area contributed by atoms with Crippen LogP contribution in [0.4, 0.5) is 5.69 Å². The van der Waals surface area contributed by atoms with Gasteiger partial charge in [-0.2, -0.15) is 0 Å². The van der Waals surface area contributed by atoms with Crippen LogP contribution in [0.25, 0.3) is 6.08 Å². The number of carbonyl (C=O) groups is 2. The summed E-state index contributed by atoms with van der Waals surface area (Å²) in [6, 6.07) is 15.4. The first-order valence-corrected chi connectivity index (χ1v) is 17.2. The van der Waals surface area contributed by atoms with Crippen molar-refractivity contribution < 1.29 is 42.9 Å². The average molecular weight is 732 g/mol. The summed E-state index contributed by atoms with van der Waals surface area (Å²) in [5, 5.41) is 11.0. The smallest absolute Gasteiger partial charge is 0.343 e. The van der Waals surface area contributed by atoms with Crippen LogP contribution in [0.1, 0.15) is 50.4 Å². The molecule has 0 amide bonds. The number of allylic oxidation sites excluding steroid dienone is 1. The Balaban J connectivity index is 1.54. The summed E-state index contributed by atoms with van der Waals surface area (Å²) < 4.78 is 35.2. The predicted molar refractivity (Wildman–Crippen MR) is 191 cm³/mol. The first-order valence-electron chi connectivity index (χ1n) is 16.4. The van der Waals surface area contributed by atoms with Crippen molar-refractivity contribution in [2.45, 2.75) is 40.3 Å². The van der Waals surface area contributed by atoms with Crippen LogP contribution in [0.15, 0.2) is 81.7 Å². The molecule has 4 aromatic rings. The van der Waals surface area contributed by atoms with Crippen molar-refractivity contribution in [3.05, 3.63) is 118 Å². The van der Waals surface area contributed by atoms with Crippen LogP contribution in [-0.2, 0) is 25.7 Å². The molecule has 1 aromatic heterocycles. The van der Waals surface area contributed by atoms with E-state index in [1.165, 1.54) is 35.1 Å². The van der Waals surface area contributed by atoms with Crippen LogP contribution in [-0.4, -0.2) is 55.0 Å². The van der Waals surface area contributed by atoms with E-state index < -0.39 is 22.9 Å². The second kappa shape index (κ2) is 16.8. The highest BCUT2D eigenvalue weighted by atomic mass is 32.1. The highest BCUT2D eigenvalue weighted by molar-refractivity contribution is 7.07. The van der Waals surface area contributed by atoms with Gasteiger partial charge in [0.1, 0.15) is 6.61 Å². The molecule has 0 N–H and O–H groups in total. The summed E-state index contributed by atoms with van der Waals surface area (Å²) in [5.41, 5.74) is 2.12. The molecule has 0 fully saturated rings. The van der Waals surface area contributed by atoms with Crippen molar-refractivity contribution in [2.24, 2.45) is 4.99 Å². The van der Waals surface area contributed by atoms with Crippen molar-refractivity contribution in [1.82, 2.24) is 4.57 Å². The van der Waals surface area contributed by atoms with Gasteiger partial charge in [-0.1, -0.05) is 23.5 Å². The fraction of sp³-hybridized carbons (Fsp3) is 0.297. The molecule has 1 atom stereocenters. The Bertz CT molecular complexity index is 2190. The van der Waals surface area contributed by atoms with Crippen LogP contribution in [0.5, 0.6) is 23.0 Å². The number of benzene rings is 3. The van der Waals surface area contributed by atoms with Gasteiger partial charge in [-0.05, 0) is 86.9 Å². The third-order valence-electron chi connectivity index (χ3n) is 7.78. The number of nitro benzene ring substituents is 1. The summed E-state index contributed by atoms with van der Waals surface area (Å²) in [5.74, 6) is 0.312. The minimum atomic E-state index is -0.916. The molecule has 0 unspecified atom stereocenters. The zero-order valence-electron chi connectivity index (χ0n) is 29.2. The van der Waals surface area contributed by atoms with Crippen molar-refractivity contribution in [3.63, 3.8) is 0 Å².